The summed E-state index contributed by atoms with van der Waals surface area (Å²) in [5.74, 6) is 1.75. The summed E-state index contributed by atoms with van der Waals surface area (Å²) in [6.45, 7) is 7.28. The van der Waals surface area contributed by atoms with Gasteiger partial charge in [0.15, 0.2) is 0 Å². The molecule has 0 aliphatic carbocycles. The van der Waals surface area contributed by atoms with Gasteiger partial charge in [0.1, 0.15) is 27.2 Å². The minimum Gasteiger partial charge on any atom is -0.477 e. The fourth-order valence-electron chi connectivity index (χ4n) is 3.62. The van der Waals surface area contributed by atoms with Crippen LogP contribution in [-0.2, 0) is 6.42 Å². The zero-order chi connectivity index (χ0) is 19.7. The van der Waals surface area contributed by atoms with Crippen molar-refractivity contribution in [2.75, 3.05) is 36.0 Å². The second-order valence-electron chi connectivity index (χ2n) is 6.92. The number of carbonyl (C=O) groups is 1. The van der Waals surface area contributed by atoms with Gasteiger partial charge in [-0.3, -0.25) is 0 Å². The Morgan fingerprint density at radius 2 is 1.93 bits per heavy atom. The quantitative estimate of drug-likeness (QED) is 0.707. The van der Waals surface area contributed by atoms with Crippen LogP contribution in [0.25, 0.3) is 10.2 Å². The van der Waals surface area contributed by atoms with E-state index in [0.717, 1.165) is 72.3 Å². The largest absolute Gasteiger partial charge is 0.477 e. The maximum Gasteiger partial charge on any atom is 0.346 e. The highest BCUT2D eigenvalue weighted by molar-refractivity contribution is 7.20. The van der Waals surface area contributed by atoms with Crippen LogP contribution in [0.1, 0.15) is 34.4 Å². The Morgan fingerprint density at radius 1 is 1.18 bits per heavy atom. The predicted octanol–water partition coefficient (Wildman–Crippen LogP) is 3.37. The predicted molar refractivity (Wildman–Crippen MR) is 112 cm³/mol. The van der Waals surface area contributed by atoms with Crippen LogP contribution in [-0.4, -0.2) is 52.2 Å². The van der Waals surface area contributed by atoms with Gasteiger partial charge in [-0.25, -0.2) is 19.7 Å². The molecule has 1 N–H and O–H groups in total. The molecule has 0 spiro atoms. The van der Waals surface area contributed by atoms with Gasteiger partial charge in [0.25, 0.3) is 0 Å². The van der Waals surface area contributed by atoms with Crippen LogP contribution in [0.2, 0.25) is 0 Å². The Bertz CT molecular complexity index is 997. The Hall–Kier alpha value is -2.74. The zero-order valence-electron chi connectivity index (χ0n) is 16.1. The second-order valence-corrected chi connectivity index (χ2v) is 7.92. The summed E-state index contributed by atoms with van der Waals surface area (Å²) in [5.41, 5.74) is 0.762. The fraction of sp³-hybridized carbons (Fsp3) is 0.400. The minimum absolute atomic E-state index is 0.353. The minimum atomic E-state index is -0.900. The van der Waals surface area contributed by atoms with E-state index in [1.165, 1.54) is 11.3 Å². The smallest absolute Gasteiger partial charge is 0.346 e. The van der Waals surface area contributed by atoms with Gasteiger partial charge in [-0.1, -0.05) is 13.0 Å². The highest BCUT2D eigenvalue weighted by Crippen LogP contribution is 2.36. The molecule has 1 aliphatic rings. The van der Waals surface area contributed by atoms with Crippen molar-refractivity contribution in [3.8, 4) is 0 Å². The van der Waals surface area contributed by atoms with Gasteiger partial charge in [-0.05, 0) is 31.0 Å². The molecule has 3 aromatic heterocycles. The lowest BCUT2D eigenvalue weighted by Crippen LogP contribution is -2.47. The molecule has 0 unspecified atom stereocenters. The van der Waals surface area contributed by atoms with Crippen molar-refractivity contribution in [2.24, 2.45) is 0 Å². The molecule has 1 saturated heterocycles. The van der Waals surface area contributed by atoms with Crippen LogP contribution in [0.15, 0.2) is 24.4 Å². The standard InChI is InChI=1S/C20H23N5O2S/c1-3-6-14-22-18(16-13(2)17(20(26)27)28-19(16)23-14)25-11-9-24(10-12-25)15-7-4-5-8-21-15/h4-5,7-8H,3,6,9-12H2,1-2H3,(H,26,27). The summed E-state index contributed by atoms with van der Waals surface area (Å²) < 4.78 is 0. The summed E-state index contributed by atoms with van der Waals surface area (Å²) in [7, 11) is 0. The number of anilines is 2. The molecule has 0 atom stereocenters. The molecule has 0 aromatic carbocycles. The van der Waals surface area contributed by atoms with Crippen molar-refractivity contribution < 1.29 is 9.90 Å². The molecule has 0 bridgehead atoms. The van der Waals surface area contributed by atoms with E-state index in [0.29, 0.717) is 4.88 Å². The van der Waals surface area contributed by atoms with Gasteiger partial charge in [-0.15, -0.1) is 11.3 Å². The maximum absolute atomic E-state index is 11.6. The molecular formula is C20H23N5O2S. The number of aromatic nitrogens is 3. The third-order valence-electron chi connectivity index (χ3n) is 5.04. The summed E-state index contributed by atoms with van der Waals surface area (Å²) in [6, 6.07) is 5.95. The van der Waals surface area contributed by atoms with Crippen LogP contribution in [0, 0.1) is 6.92 Å². The lowest BCUT2D eigenvalue weighted by atomic mass is 10.1. The average Bonchev–Trinajstić information content (AvgIpc) is 3.05. The van der Waals surface area contributed by atoms with Crippen molar-refractivity contribution >= 4 is 39.2 Å². The van der Waals surface area contributed by atoms with E-state index in [1.807, 2.05) is 31.3 Å². The number of hydrogen-bond acceptors (Lipinski definition) is 7. The molecule has 146 valence electrons. The topological polar surface area (TPSA) is 82.5 Å². The number of rotatable bonds is 5. The molecule has 0 saturated carbocycles. The van der Waals surface area contributed by atoms with E-state index < -0.39 is 5.97 Å². The van der Waals surface area contributed by atoms with Crippen LogP contribution in [0.4, 0.5) is 11.6 Å². The third kappa shape index (κ3) is 3.40. The first kappa shape index (κ1) is 18.6. The molecule has 0 radical (unpaired) electrons. The summed E-state index contributed by atoms with van der Waals surface area (Å²) in [4.78, 5) is 31.2. The van der Waals surface area contributed by atoms with E-state index in [2.05, 4.69) is 26.7 Å². The molecule has 4 heterocycles. The van der Waals surface area contributed by atoms with Gasteiger partial charge in [0.2, 0.25) is 0 Å². The number of piperazine rings is 1. The van der Waals surface area contributed by atoms with Crippen LogP contribution < -0.4 is 9.80 Å². The second kappa shape index (κ2) is 7.71. The normalized spacial score (nSPS) is 14.6. The molecule has 3 aromatic rings. The van der Waals surface area contributed by atoms with E-state index in [-0.39, 0.29) is 0 Å². The zero-order valence-corrected chi connectivity index (χ0v) is 16.9. The molecule has 1 fully saturated rings. The first-order valence-corrected chi connectivity index (χ1v) is 10.3. The van der Waals surface area contributed by atoms with E-state index in [4.69, 9.17) is 4.98 Å². The number of aromatic carboxylic acids is 1. The number of aryl methyl sites for hydroxylation is 2. The van der Waals surface area contributed by atoms with Crippen molar-refractivity contribution in [3.63, 3.8) is 0 Å². The number of nitrogens with zero attached hydrogens (tertiary/aromatic N) is 5. The summed E-state index contributed by atoms with van der Waals surface area (Å²) in [5, 5.41) is 10.4. The van der Waals surface area contributed by atoms with Gasteiger partial charge < -0.3 is 14.9 Å². The van der Waals surface area contributed by atoms with Gasteiger partial charge in [-0.2, -0.15) is 0 Å². The Balaban J connectivity index is 1.68. The molecule has 1 aliphatic heterocycles. The van der Waals surface area contributed by atoms with Crippen LogP contribution >= 0.6 is 11.3 Å². The number of carboxylic acids is 1. The Morgan fingerprint density at radius 3 is 2.57 bits per heavy atom. The maximum atomic E-state index is 11.6. The van der Waals surface area contributed by atoms with Gasteiger partial charge >= 0.3 is 5.97 Å². The SMILES string of the molecule is CCCc1nc(N2CCN(c3ccccn3)CC2)c2c(C)c(C(=O)O)sc2n1. The number of hydrogen-bond donors (Lipinski definition) is 1. The third-order valence-corrected chi connectivity index (χ3v) is 6.21. The lowest BCUT2D eigenvalue weighted by molar-refractivity contribution is 0.0701. The van der Waals surface area contributed by atoms with Crippen molar-refractivity contribution in [2.45, 2.75) is 26.7 Å². The van der Waals surface area contributed by atoms with Gasteiger partial charge in [0, 0.05) is 38.8 Å². The van der Waals surface area contributed by atoms with Crippen LogP contribution in [0.5, 0.6) is 0 Å². The van der Waals surface area contributed by atoms with E-state index in [1.54, 1.807) is 0 Å². The summed E-state index contributed by atoms with van der Waals surface area (Å²) in [6.07, 6.45) is 3.56. The number of pyridine rings is 1. The molecule has 4 rings (SSSR count). The molecule has 28 heavy (non-hydrogen) atoms. The first-order chi connectivity index (χ1) is 13.6. The molecule has 8 heteroatoms. The number of fused-ring (bicyclic) bond motifs is 1. The molecular weight excluding hydrogens is 374 g/mol. The Labute approximate surface area is 167 Å². The fourth-order valence-corrected chi connectivity index (χ4v) is 4.65. The summed E-state index contributed by atoms with van der Waals surface area (Å²) >= 11 is 1.25. The lowest BCUT2D eigenvalue weighted by Gasteiger charge is -2.36. The van der Waals surface area contributed by atoms with E-state index >= 15 is 0 Å². The number of carboxylic acid groups (broad SMARTS) is 1. The first-order valence-electron chi connectivity index (χ1n) is 9.52. The van der Waals surface area contributed by atoms with Crippen molar-refractivity contribution in [1.82, 2.24) is 15.0 Å². The van der Waals surface area contributed by atoms with Gasteiger partial charge in [0.05, 0.1) is 5.39 Å². The average molecular weight is 398 g/mol. The van der Waals surface area contributed by atoms with Crippen molar-refractivity contribution in [1.29, 1.82) is 0 Å². The van der Waals surface area contributed by atoms with E-state index in [9.17, 15) is 9.90 Å². The van der Waals surface area contributed by atoms with Crippen LogP contribution in [0.3, 0.4) is 0 Å². The monoisotopic (exact) mass is 397 g/mol. The Kier molecular flexibility index (Phi) is 5.13. The molecule has 0 amide bonds. The molecule has 7 nitrogen and oxygen atoms in total. The number of thiophene rings is 1. The highest BCUT2D eigenvalue weighted by Gasteiger charge is 2.25. The van der Waals surface area contributed by atoms with Crippen molar-refractivity contribution in [3.05, 3.63) is 40.7 Å². The highest BCUT2D eigenvalue weighted by atomic mass is 32.1.